The van der Waals surface area contributed by atoms with Gasteiger partial charge in [0.1, 0.15) is 17.1 Å². The minimum absolute atomic E-state index is 0.0255. The van der Waals surface area contributed by atoms with Gasteiger partial charge < -0.3 is 9.73 Å². The zero-order valence-corrected chi connectivity index (χ0v) is 17.9. The maximum absolute atomic E-state index is 14.3. The highest BCUT2D eigenvalue weighted by atomic mass is 19.1. The van der Waals surface area contributed by atoms with Crippen molar-refractivity contribution in [3.8, 4) is 5.69 Å². The van der Waals surface area contributed by atoms with Crippen LogP contribution in [0.2, 0.25) is 0 Å². The van der Waals surface area contributed by atoms with E-state index >= 15 is 0 Å². The van der Waals surface area contributed by atoms with Crippen LogP contribution in [0.4, 0.5) is 8.78 Å². The average molecular weight is 449 g/mol. The summed E-state index contributed by atoms with van der Waals surface area (Å²) in [6.45, 7) is 1.90. The molecule has 8 heteroatoms. The molecule has 2 aromatic heterocycles. The molecule has 1 aliphatic carbocycles. The molecule has 0 aliphatic heterocycles. The third kappa shape index (κ3) is 4.04. The van der Waals surface area contributed by atoms with Crippen molar-refractivity contribution >= 4 is 16.9 Å². The van der Waals surface area contributed by atoms with Crippen molar-refractivity contribution in [1.29, 1.82) is 0 Å². The maximum atomic E-state index is 14.3. The largest absolute Gasteiger partial charge is 0.423 e. The van der Waals surface area contributed by atoms with Crippen LogP contribution in [0.1, 0.15) is 41.3 Å². The van der Waals surface area contributed by atoms with Crippen LogP contribution in [0.3, 0.4) is 0 Å². The Morgan fingerprint density at radius 1 is 1.21 bits per heavy atom. The summed E-state index contributed by atoms with van der Waals surface area (Å²) in [5.41, 5.74) is 3.27. The number of hydrogen-bond donors (Lipinski definition) is 1. The van der Waals surface area contributed by atoms with E-state index in [4.69, 9.17) is 4.42 Å². The van der Waals surface area contributed by atoms with Gasteiger partial charge in [-0.1, -0.05) is 12.1 Å². The Balaban J connectivity index is 1.40. The average Bonchev–Trinajstić information content (AvgIpc) is 3.18. The number of aromatic nitrogens is 2. The first-order valence-electron chi connectivity index (χ1n) is 10.7. The van der Waals surface area contributed by atoms with Crippen molar-refractivity contribution in [1.82, 2.24) is 15.1 Å². The monoisotopic (exact) mass is 449 g/mol. The molecule has 0 radical (unpaired) electrons. The fraction of sp³-hybridized carbons (Fsp3) is 0.240. The van der Waals surface area contributed by atoms with E-state index in [1.165, 1.54) is 22.9 Å². The van der Waals surface area contributed by atoms with Crippen molar-refractivity contribution in [3.05, 3.63) is 93.1 Å². The van der Waals surface area contributed by atoms with Crippen LogP contribution in [-0.4, -0.2) is 15.7 Å². The van der Waals surface area contributed by atoms with Crippen molar-refractivity contribution in [2.75, 3.05) is 0 Å². The van der Waals surface area contributed by atoms with Crippen LogP contribution in [0.15, 0.2) is 57.9 Å². The highest BCUT2D eigenvalue weighted by Crippen LogP contribution is 2.32. The van der Waals surface area contributed by atoms with Gasteiger partial charge in [0, 0.05) is 28.8 Å². The second-order valence-corrected chi connectivity index (χ2v) is 8.33. The zero-order chi connectivity index (χ0) is 23.1. The normalized spacial score (nSPS) is 15.4. The molecule has 1 atom stereocenters. The van der Waals surface area contributed by atoms with Gasteiger partial charge in [0.05, 0.1) is 18.7 Å². The molecule has 0 unspecified atom stereocenters. The summed E-state index contributed by atoms with van der Waals surface area (Å²) >= 11 is 0. The molecule has 0 spiro atoms. The molecule has 1 aliphatic rings. The van der Waals surface area contributed by atoms with Crippen LogP contribution in [0.25, 0.3) is 16.7 Å². The van der Waals surface area contributed by atoms with E-state index in [0.29, 0.717) is 24.0 Å². The SMILES string of the molecule is Cc1ccc2c(CC(=O)N[C@@H]3CCCc4c3cnn4-c3ccc(F)cc3F)cc(=O)oc2c1. The number of fused-ring (bicyclic) bond motifs is 2. The first kappa shape index (κ1) is 21.1. The summed E-state index contributed by atoms with van der Waals surface area (Å²) in [5, 5.41) is 8.06. The molecule has 0 fully saturated rings. The fourth-order valence-corrected chi connectivity index (χ4v) is 4.47. The number of rotatable bonds is 4. The van der Waals surface area contributed by atoms with Crippen LogP contribution >= 0.6 is 0 Å². The summed E-state index contributed by atoms with van der Waals surface area (Å²) in [7, 11) is 0. The van der Waals surface area contributed by atoms with Gasteiger partial charge in [0.25, 0.3) is 0 Å². The van der Waals surface area contributed by atoms with E-state index in [0.717, 1.165) is 34.7 Å². The minimum atomic E-state index is -0.697. The lowest BCUT2D eigenvalue weighted by atomic mass is 9.92. The van der Waals surface area contributed by atoms with Crippen molar-refractivity contribution in [2.24, 2.45) is 0 Å². The Labute approximate surface area is 187 Å². The molecular formula is C25H21F2N3O3. The number of nitrogens with one attached hydrogen (secondary N) is 1. The molecular weight excluding hydrogens is 428 g/mol. The Morgan fingerprint density at radius 2 is 2.06 bits per heavy atom. The smallest absolute Gasteiger partial charge is 0.336 e. The number of nitrogens with zero attached hydrogens (tertiary/aromatic N) is 2. The van der Waals surface area contributed by atoms with E-state index in [1.54, 1.807) is 12.3 Å². The quantitative estimate of drug-likeness (QED) is 0.471. The van der Waals surface area contributed by atoms with Gasteiger partial charge in [0.15, 0.2) is 5.82 Å². The molecule has 0 bridgehead atoms. The third-order valence-corrected chi connectivity index (χ3v) is 5.99. The number of amides is 1. The third-order valence-electron chi connectivity index (χ3n) is 5.99. The fourth-order valence-electron chi connectivity index (χ4n) is 4.47. The summed E-state index contributed by atoms with van der Waals surface area (Å²) in [4.78, 5) is 24.9. The summed E-state index contributed by atoms with van der Waals surface area (Å²) < 4.78 is 34.4. The van der Waals surface area contributed by atoms with Gasteiger partial charge in [-0.2, -0.15) is 5.10 Å². The highest BCUT2D eigenvalue weighted by molar-refractivity contribution is 5.87. The molecule has 2 heterocycles. The topological polar surface area (TPSA) is 77.1 Å². The second-order valence-electron chi connectivity index (χ2n) is 8.33. The van der Waals surface area contributed by atoms with Crippen molar-refractivity contribution in [2.45, 2.75) is 38.6 Å². The molecule has 168 valence electrons. The van der Waals surface area contributed by atoms with E-state index in [-0.39, 0.29) is 24.1 Å². The molecule has 1 amide bonds. The van der Waals surface area contributed by atoms with Gasteiger partial charge in [-0.3, -0.25) is 4.79 Å². The van der Waals surface area contributed by atoms with Crippen molar-refractivity contribution in [3.63, 3.8) is 0 Å². The molecule has 5 rings (SSSR count). The predicted octanol–water partition coefficient (Wildman–Crippen LogP) is 4.30. The molecule has 2 aromatic carbocycles. The summed E-state index contributed by atoms with van der Waals surface area (Å²) in [6, 6.07) is 9.95. The number of carbonyl (C=O) groups excluding carboxylic acids is 1. The molecule has 0 saturated carbocycles. The van der Waals surface area contributed by atoms with Crippen LogP contribution in [0, 0.1) is 18.6 Å². The van der Waals surface area contributed by atoms with E-state index in [2.05, 4.69) is 10.4 Å². The Morgan fingerprint density at radius 3 is 2.88 bits per heavy atom. The predicted molar refractivity (Wildman–Crippen MR) is 118 cm³/mol. The highest BCUT2D eigenvalue weighted by Gasteiger charge is 2.27. The maximum Gasteiger partial charge on any atom is 0.336 e. The Kier molecular flexibility index (Phi) is 5.28. The molecule has 33 heavy (non-hydrogen) atoms. The Hall–Kier alpha value is -3.81. The van der Waals surface area contributed by atoms with Gasteiger partial charge in [-0.15, -0.1) is 0 Å². The standard InChI is InChI=1S/C25H21F2N3O3/c1-14-5-7-17-15(11-25(32)33-23(17)9-14)10-24(31)29-20-3-2-4-21-18(20)13-28-30(21)22-8-6-16(26)12-19(22)27/h5-9,11-13,20H,2-4,10H2,1H3,(H,29,31)/t20-/m1/s1. The van der Waals surface area contributed by atoms with Crippen LogP contribution in [0.5, 0.6) is 0 Å². The van der Waals surface area contributed by atoms with Gasteiger partial charge in [0.2, 0.25) is 5.91 Å². The second kappa shape index (κ2) is 8.27. The minimum Gasteiger partial charge on any atom is -0.423 e. The summed E-state index contributed by atoms with van der Waals surface area (Å²) in [5.74, 6) is -1.59. The molecule has 0 saturated heterocycles. The van der Waals surface area contributed by atoms with Crippen LogP contribution in [-0.2, 0) is 17.6 Å². The zero-order valence-electron chi connectivity index (χ0n) is 17.9. The number of halogens is 2. The molecule has 1 N–H and O–H groups in total. The molecule has 4 aromatic rings. The number of hydrogen-bond acceptors (Lipinski definition) is 4. The van der Waals surface area contributed by atoms with E-state index in [1.807, 2.05) is 19.1 Å². The summed E-state index contributed by atoms with van der Waals surface area (Å²) in [6.07, 6.45) is 3.81. The van der Waals surface area contributed by atoms with Gasteiger partial charge in [-0.05, 0) is 55.5 Å². The number of carbonyl (C=O) groups is 1. The Bertz CT molecular complexity index is 1440. The lowest BCUT2D eigenvalue weighted by Gasteiger charge is -2.24. The van der Waals surface area contributed by atoms with Crippen molar-refractivity contribution < 1.29 is 18.0 Å². The lowest BCUT2D eigenvalue weighted by Crippen LogP contribution is -2.32. The van der Waals surface area contributed by atoms with Gasteiger partial charge >= 0.3 is 5.63 Å². The van der Waals surface area contributed by atoms with Crippen LogP contribution < -0.4 is 10.9 Å². The van der Waals surface area contributed by atoms with E-state index in [9.17, 15) is 18.4 Å². The first-order chi connectivity index (χ1) is 15.9. The molecule has 6 nitrogen and oxygen atoms in total. The van der Waals surface area contributed by atoms with E-state index < -0.39 is 17.3 Å². The lowest BCUT2D eigenvalue weighted by molar-refractivity contribution is -0.121. The van der Waals surface area contributed by atoms with Gasteiger partial charge in [-0.25, -0.2) is 18.3 Å². The first-order valence-corrected chi connectivity index (χ1v) is 10.7. The number of aryl methyl sites for hydroxylation is 1. The number of benzene rings is 2.